The predicted molar refractivity (Wildman–Crippen MR) is 120 cm³/mol. The molecule has 0 bridgehead atoms. The van der Waals surface area contributed by atoms with E-state index in [4.69, 9.17) is 16.3 Å². The van der Waals surface area contributed by atoms with E-state index in [1.807, 2.05) is 25.1 Å². The first-order chi connectivity index (χ1) is 15.0. The Morgan fingerprint density at radius 3 is 2.61 bits per heavy atom. The average molecular weight is 435 g/mol. The van der Waals surface area contributed by atoms with Crippen molar-refractivity contribution in [3.05, 3.63) is 99.8 Å². The SMILES string of the molecule is CCOc1cc(/C=C(\C#N)C(=O)Nc2ccc(Cl)cc2)ccc1Cc1cccc(F)c1. The predicted octanol–water partition coefficient (Wildman–Crippen LogP) is 6.01. The van der Waals surface area contributed by atoms with Crippen LogP contribution in [0, 0.1) is 17.1 Å². The smallest absolute Gasteiger partial charge is 0.266 e. The van der Waals surface area contributed by atoms with Crippen LogP contribution < -0.4 is 10.1 Å². The van der Waals surface area contributed by atoms with Gasteiger partial charge in [0.05, 0.1) is 6.61 Å². The van der Waals surface area contributed by atoms with Gasteiger partial charge in [0.25, 0.3) is 5.91 Å². The van der Waals surface area contributed by atoms with Crippen molar-refractivity contribution < 1.29 is 13.9 Å². The maximum Gasteiger partial charge on any atom is 0.266 e. The molecule has 3 aromatic carbocycles. The van der Waals surface area contributed by atoms with Crippen molar-refractivity contribution in [2.24, 2.45) is 0 Å². The van der Waals surface area contributed by atoms with Crippen LogP contribution in [0.4, 0.5) is 10.1 Å². The number of amides is 1. The summed E-state index contributed by atoms with van der Waals surface area (Å²) in [5, 5.41) is 12.7. The van der Waals surface area contributed by atoms with Crippen molar-refractivity contribution in [3.8, 4) is 11.8 Å². The highest BCUT2D eigenvalue weighted by atomic mass is 35.5. The summed E-state index contributed by atoms with van der Waals surface area (Å²) in [5.41, 5.74) is 2.85. The van der Waals surface area contributed by atoms with Crippen LogP contribution in [0.15, 0.2) is 72.3 Å². The average Bonchev–Trinajstić information content (AvgIpc) is 2.75. The summed E-state index contributed by atoms with van der Waals surface area (Å²) in [6.07, 6.45) is 2.00. The fraction of sp³-hybridized carbons (Fsp3) is 0.120. The third-order valence-electron chi connectivity index (χ3n) is 4.45. The molecular formula is C25H20ClFN2O2. The van der Waals surface area contributed by atoms with Crippen LogP contribution in [0.25, 0.3) is 6.08 Å². The van der Waals surface area contributed by atoms with Gasteiger partial charge >= 0.3 is 0 Å². The van der Waals surface area contributed by atoms with Gasteiger partial charge in [0.1, 0.15) is 23.2 Å². The van der Waals surface area contributed by atoms with Crippen molar-refractivity contribution in [1.29, 1.82) is 5.26 Å². The zero-order valence-corrected chi connectivity index (χ0v) is 17.6. The van der Waals surface area contributed by atoms with Crippen molar-refractivity contribution in [3.63, 3.8) is 0 Å². The lowest BCUT2D eigenvalue weighted by atomic mass is 10.0. The number of rotatable bonds is 7. The fourth-order valence-corrected chi connectivity index (χ4v) is 3.14. The Bertz CT molecular complexity index is 1150. The second-order valence-corrected chi connectivity index (χ2v) is 7.17. The Hall–Kier alpha value is -3.62. The number of carbonyl (C=O) groups is 1. The monoisotopic (exact) mass is 434 g/mol. The summed E-state index contributed by atoms with van der Waals surface area (Å²) in [4.78, 5) is 12.5. The van der Waals surface area contributed by atoms with Gasteiger partial charge in [-0.25, -0.2) is 4.39 Å². The van der Waals surface area contributed by atoms with E-state index in [0.717, 1.165) is 11.1 Å². The molecule has 0 heterocycles. The Morgan fingerprint density at radius 2 is 1.94 bits per heavy atom. The first kappa shape index (κ1) is 22.1. The molecular weight excluding hydrogens is 415 g/mol. The lowest BCUT2D eigenvalue weighted by Crippen LogP contribution is -2.13. The molecule has 0 spiro atoms. The van der Waals surface area contributed by atoms with E-state index in [9.17, 15) is 14.4 Å². The number of nitriles is 1. The van der Waals surface area contributed by atoms with Crippen LogP contribution in [0.1, 0.15) is 23.6 Å². The van der Waals surface area contributed by atoms with E-state index in [1.54, 1.807) is 42.5 Å². The minimum atomic E-state index is -0.522. The number of hydrogen-bond acceptors (Lipinski definition) is 3. The number of halogens is 2. The number of ether oxygens (including phenoxy) is 1. The molecule has 0 unspecified atom stereocenters. The number of hydrogen-bond donors (Lipinski definition) is 1. The summed E-state index contributed by atoms with van der Waals surface area (Å²) >= 11 is 5.85. The van der Waals surface area contributed by atoms with E-state index in [1.165, 1.54) is 18.2 Å². The highest BCUT2D eigenvalue weighted by Crippen LogP contribution is 2.25. The van der Waals surface area contributed by atoms with Gasteiger partial charge < -0.3 is 10.1 Å². The van der Waals surface area contributed by atoms with Gasteiger partial charge in [0.15, 0.2) is 0 Å². The van der Waals surface area contributed by atoms with Crippen LogP contribution in [-0.2, 0) is 11.2 Å². The third kappa shape index (κ3) is 6.18. The van der Waals surface area contributed by atoms with Crippen molar-refractivity contribution in [1.82, 2.24) is 0 Å². The summed E-state index contributed by atoms with van der Waals surface area (Å²) < 4.78 is 19.2. The molecule has 0 aliphatic carbocycles. The number of anilines is 1. The Balaban J connectivity index is 1.83. The van der Waals surface area contributed by atoms with E-state index >= 15 is 0 Å². The molecule has 0 aromatic heterocycles. The van der Waals surface area contributed by atoms with Crippen LogP contribution in [0.5, 0.6) is 5.75 Å². The second kappa shape index (κ2) is 10.4. The van der Waals surface area contributed by atoms with Crippen LogP contribution >= 0.6 is 11.6 Å². The fourth-order valence-electron chi connectivity index (χ4n) is 3.01. The first-order valence-corrected chi connectivity index (χ1v) is 10.0. The van der Waals surface area contributed by atoms with Gasteiger partial charge in [0.2, 0.25) is 0 Å². The highest BCUT2D eigenvalue weighted by Gasteiger charge is 2.12. The second-order valence-electron chi connectivity index (χ2n) is 6.74. The van der Waals surface area contributed by atoms with Crippen LogP contribution in [-0.4, -0.2) is 12.5 Å². The topological polar surface area (TPSA) is 62.1 Å². The molecule has 0 atom stereocenters. The van der Waals surface area contributed by atoms with Gasteiger partial charge in [-0.2, -0.15) is 5.26 Å². The molecule has 0 fully saturated rings. The third-order valence-corrected chi connectivity index (χ3v) is 4.70. The molecule has 0 saturated carbocycles. The number of benzene rings is 3. The van der Waals surface area contributed by atoms with E-state index in [-0.39, 0.29) is 11.4 Å². The van der Waals surface area contributed by atoms with Crippen LogP contribution in [0.3, 0.4) is 0 Å². The number of nitrogens with one attached hydrogen (secondary N) is 1. The largest absolute Gasteiger partial charge is 0.494 e. The Morgan fingerprint density at radius 1 is 1.16 bits per heavy atom. The van der Waals surface area contributed by atoms with E-state index in [2.05, 4.69) is 5.32 Å². The van der Waals surface area contributed by atoms with Crippen LogP contribution in [0.2, 0.25) is 5.02 Å². The molecule has 156 valence electrons. The van der Waals surface area contributed by atoms with Gasteiger partial charge in [-0.1, -0.05) is 35.9 Å². The minimum Gasteiger partial charge on any atom is -0.494 e. The molecule has 1 amide bonds. The quantitative estimate of drug-likeness (QED) is 0.365. The molecule has 0 aliphatic heterocycles. The molecule has 31 heavy (non-hydrogen) atoms. The molecule has 6 heteroatoms. The molecule has 3 aromatic rings. The highest BCUT2D eigenvalue weighted by molar-refractivity contribution is 6.30. The summed E-state index contributed by atoms with van der Waals surface area (Å²) in [7, 11) is 0. The summed E-state index contributed by atoms with van der Waals surface area (Å²) in [6.45, 7) is 2.32. The van der Waals surface area contributed by atoms with Gasteiger partial charge in [0, 0.05) is 17.1 Å². The lowest BCUT2D eigenvalue weighted by molar-refractivity contribution is -0.112. The zero-order chi connectivity index (χ0) is 22.2. The Labute approximate surface area is 185 Å². The number of nitrogens with zero attached hydrogens (tertiary/aromatic N) is 1. The number of carbonyl (C=O) groups excluding carboxylic acids is 1. The molecule has 0 radical (unpaired) electrons. The van der Waals surface area contributed by atoms with Gasteiger partial charge in [-0.15, -0.1) is 0 Å². The minimum absolute atomic E-state index is 0.0460. The van der Waals surface area contributed by atoms with E-state index < -0.39 is 5.91 Å². The normalized spacial score (nSPS) is 11.0. The maximum atomic E-state index is 13.5. The molecule has 4 nitrogen and oxygen atoms in total. The molecule has 0 saturated heterocycles. The van der Waals surface area contributed by atoms with E-state index in [0.29, 0.717) is 35.1 Å². The van der Waals surface area contributed by atoms with Gasteiger partial charge in [-0.3, -0.25) is 4.79 Å². The molecule has 3 rings (SSSR count). The maximum absolute atomic E-state index is 13.5. The summed E-state index contributed by atoms with van der Waals surface area (Å²) in [6, 6.07) is 20.4. The van der Waals surface area contributed by atoms with Crippen molar-refractivity contribution in [2.45, 2.75) is 13.3 Å². The lowest BCUT2D eigenvalue weighted by Gasteiger charge is -2.12. The van der Waals surface area contributed by atoms with Crippen molar-refractivity contribution >= 4 is 29.3 Å². The zero-order valence-electron chi connectivity index (χ0n) is 16.9. The standard InChI is InChI=1S/C25H20ClFN2O2/c1-2-31-24-15-18(6-7-19(24)12-17-4-3-5-22(27)14-17)13-20(16-28)25(30)29-23-10-8-21(26)9-11-23/h3-11,13-15H,2,12H2,1H3,(H,29,30)/b20-13+. The molecule has 1 N–H and O–H groups in total. The molecule has 0 aliphatic rings. The first-order valence-electron chi connectivity index (χ1n) is 9.67. The summed E-state index contributed by atoms with van der Waals surface area (Å²) in [5.74, 6) is -0.192. The van der Waals surface area contributed by atoms with Gasteiger partial charge in [-0.05, 0) is 72.2 Å². The Kier molecular flexibility index (Phi) is 7.42. The van der Waals surface area contributed by atoms with Crippen molar-refractivity contribution in [2.75, 3.05) is 11.9 Å².